The molecule has 0 amide bonds. The van der Waals surface area contributed by atoms with E-state index in [2.05, 4.69) is 63.4 Å². The third-order valence-corrected chi connectivity index (χ3v) is 4.71. The molecule has 1 aromatic carbocycles. The summed E-state index contributed by atoms with van der Waals surface area (Å²) in [5.41, 5.74) is 1.23. The molecule has 1 atom stereocenters. The fourth-order valence-corrected chi connectivity index (χ4v) is 3.31. The number of hydrogen-bond donors (Lipinski definition) is 0. The summed E-state index contributed by atoms with van der Waals surface area (Å²) < 4.78 is 1.95. The average Bonchev–Trinajstić information content (AvgIpc) is 3.05. The van der Waals surface area contributed by atoms with Crippen molar-refractivity contribution in [3.63, 3.8) is 0 Å². The normalized spacial score (nSPS) is 18.2. The first kappa shape index (κ1) is 16.1. The van der Waals surface area contributed by atoms with Crippen LogP contribution in [0.15, 0.2) is 30.3 Å². The summed E-state index contributed by atoms with van der Waals surface area (Å²) in [6, 6.07) is 10.7. The van der Waals surface area contributed by atoms with E-state index in [1.807, 2.05) is 10.7 Å². The van der Waals surface area contributed by atoms with Crippen LogP contribution in [0.3, 0.4) is 0 Å². The van der Waals surface area contributed by atoms with Crippen molar-refractivity contribution >= 4 is 0 Å². The molecule has 1 aromatic heterocycles. The molecular weight excluding hydrogens is 288 g/mol. The number of rotatable bonds is 6. The highest BCUT2D eigenvalue weighted by molar-refractivity contribution is 5.15. The van der Waals surface area contributed by atoms with Crippen LogP contribution in [-0.4, -0.2) is 62.7 Å². The monoisotopic (exact) mass is 314 g/mol. The van der Waals surface area contributed by atoms with Crippen LogP contribution in [-0.2, 0) is 6.54 Å². The number of hydrogen-bond acceptors (Lipinski definition) is 5. The van der Waals surface area contributed by atoms with Crippen molar-refractivity contribution in [2.45, 2.75) is 32.9 Å². The molecule has 0 N–H and O–H groups in total. The third-order valence-electron chi connectivity index (χ3n) is 4.71. The van der Waals surface area contributed by atoms with Gasteiger partial charge in [0.15, 0.2) is 5.82 Å². The first-order valence-electron chi connectivity index (χ1n) is 8.58. The van der Waals surface area contributed by atoms with Gasteiger partial charge >= 0.3 is 0 Å². The van der Waals surface area contributed by atoms with Gasteiger partial charge in [-0.1, -0.05) is 44.2 Å². The summed E-state index contributed by atoms with van der Waals surface area (Å²) >= 11 is 0. The van der Waals surface area contributed by atoms with E-state index in [1.54, 1.807) is 0 Å². The Hall–Kier alpha value is -1.79. The van der Waals surface area contributed by atoms with Crippen LogP contribution in [0.5, 0.6) is 0 Å². The molecule has 6 nitrogen and oxygen atoms in total. The maximum absolute atomic E-state index is 4.34. The van der Waals surface area contributed by atoms with Gasteiger partial charge in [0, 0.05) is 26.2 Å². The summed E-state index contributed by atoms with van der Waals surface area (Å²) in [6.45, 7) is 10.8. The summed E-state index contributed by atoms with van der Waals surface area (Å²) in [7, 11) is 0. The second-order valence-corrected chi connectivity index (χ2v) is 6.07. The van der Waals surface area contributed by atoms with E-state index in [0.29, 0.717) is 6.04 Å². The predicted octanol–water partition coefficient (Wildman–Crippen LogP) is 1.81. The number of benzene rings is 1. The minimum absolute atomic E-state index is 0.299. The van der Waals surface area contributed by atoms with Crippen LogP contribution in [0.25, 0.3) is 0 Å². The molecule has 2 heterocycles. The Morgan fingerprint density at radius 1 is 1.04 bits per heavy atom. The quantitative estimate of drug-likeness (QED) is 0.814. The van der Waals surface area contributed by atoms with Gasteiger partial charge in [-0.05, 0) is 29.0 Å². The van der Waals surface area contributed by atoms with Crippen molar-refractivity contribution in [2.24, 2.45) is 0 Å². The van der Waals surface area contributed by atoms with Crippen molar-refractivity contribution in [3.8, 4) is 0 Å². The zero-order valence-electron chi connectivity index (χ0n) is 14.1. The van der Waals surface area contributed by atoms with Crippen LogP contribution < -0.4 is 0 Å². The van der Waals surface area contributed by atoms with Gasteiger partial charge in [-0.15, -0.1) is 5.10 Å². The van der Waals surface area contributed by atoms with Gasteiger partial charge < -0.3 is 4.90 Å². The highest BCUT2D eigenvalue weighted by Crippen LogP contribution is 2.23. The molecule has 1 aliphatic heterocycles. The zero-order chi connectivity index (χ0) is 16.1. The van der Waals surface area contributed by atoms with Crippen molar-refractivity contribution in [3.05, 3.63) is 41.7 Å². The standard InChI is InChI=1S/C17H26N6/c1-3-16(22-12-10-21(4-2)11-13-22)17-18-19-20-23(17)14-15-8-6-5-7-9-15/h5-9,16H,3-4,10-14H2,1-2H3/t16-/m0/s1. The molecule has 3 rings (SSSR count). The molecule has 0 unspecified atom stereocenters. The molecule has 0 saturated carbocycles. The number of aromatic nitrogens is 4. The SMILES string of the molecule is CC[C@@H](c1nnnn1Cc1ccccc1)N1CCN(CC)CC1. The van der Waals surface area contributed by atoms with Gasteiger partial charge in [-0.2, -0.15) is 0 Å². The highest BCUT2D eigenvalue weighted by Gasteiger charge is 2.27. The Balaban J connectivity index is 1.73. The van der Waals surface area contributed by atoms with Crippen LogP contribution in [0.4, 0.5) is 0 Å². The van der Waals surface area contributed by atoms with E-state index >= 15 is 0 Å². The molecule has 23 heavy (non-hydrogen) atoms. The molecule has 6 heteroatoms. The van der Waals surface area contributed by atoms with Crippen LogP contribution >= 0.6 is 0 Å². The number of piperazine rings is 1. The van der Waals surface area contributed by atoms with Gasteiger partial charge in [0.2, 0.25) is 0 Å². The molecule has 2 aromatic rings. The van der Waals surface area contributed by atoms with E-state index in [4.69, 9.17) is 0 Å². The minimum Gasteiger partial charge on any atom is -0.301 e. The maximum Gasteiger partial charge on any atom is 0.168 e. The molecule has 0 spiro atoms. The van der Waals surface area contributed by atoms with Crippen molar-refractivity contribution in [2.75, 3.05) is 32.7 Å². The lowest BCUT2D eigenvalue weighted by Gasteiger charge is -2.38. The minimum atomic E-state index is 0.299. The first-order chi connectivity index (χ1) is 11.3. The van der Waals surface area contributed by atoms with Crippen LogP contribution in [0.2, 0.25) is 0 Å². The molecule has 0 radical (unpaired) electrons. The molecule has 124 valence electrons. The molecule has 1 saturated heterocycles. The average molecular weight is 314 g/mol. The Bertz CT molecular complexity index is 588. The van der Waals surface area contributed by atoms with Gasteiger partial charge in [-0.25, -0.2) is 4.68 Å². The fraction of sp³-hybridized carbons (Fsp3) is 0.588. The zero-order valence-corrected chi connectivity index (χ0v) is 14.1. The first-order valence-corrected chi connectivity index (χ1v) is 8.58. The summed E-state index contributed by atoms with van der Waals surface area (Å²) in [4.78, 5) is 5.02. The Morgan fingerprint density at radius 2 is 1.78 bits per heavy atom. The Morgan fingerprint density at radius 3 is 2.43 bits per heavy atom. The van der Waals surface area contributed by atoms with Gasteiger partial charge in [-0.3, -0.25) is 4.90 Å². The molecular formula is C17H26N6. The molecule has 1 fully saturated rings. The molecule has 0 aliphatic carbocycles. The van der Waals surface area contributed by atoms with Crippen molar-refractivity contribution in [1.29, 1.82) is 0 Å². The lowest BCUT2D eigenvalue weighted by molar-refractivity contribution is 0.0915. The summed E-state index contributed by atoms with van der Waals surface area (Å²) in [5, 5.41) is 12.5. The van der Waals surface area contributed by atoms with E-state index in [-0.39, 0.29) is 0 Å². The Labute approximate surface area is 138 Å². The number of likely N-dealkylation sites (N-methyl/N-ethyl adjacent to an activating group) is 1. The summed E-state index contributed by atoms with van der Waals surface area (Å²) in [5.74, 6) is 0.987. The Kier molecular flexibility index (Phi) is 5.35. The van der Waals surface area contributed by atoms with E-state index in [9.17, 15) is 0 Å². The summed E-state index contributed by atoms with van der Waals surface area (Å²) in [6.07, 6.45) is 1.03. The maximum atomic E-state index is 4.34. The van der Waals surface area contributed by atoms with E-state index < -0.39 is 0 Å². The number of tetrazole rings is 1. The molecule has 0 bridgehead atoms. The van der Waals surface area contributed by atoms with E-state index in [1.165, 1.54) is 5.56 Å². The fourth-order valence-electron chi connectivity index (χ4n) is 3.31. The lowest BCUT2D eigenvalue weighted by atomic mass is 10.1. The van der Waals surface area contributed by atoms with Crippen molar-refractivity contribution in [1.82, 2.24) is 30.0 Å². The highest BCUT2D eigenvalue weighted by atomic mass is 15.6. The molecule has 1 aliphatic rings. The largest absolute Gasteiger partial charge is 0.301 e. The smallest absolute Gasteiger partial charge is 0.168 e. The van der Waals surface area contributed by atoms with Crippen molar-refractivity contribution < 1.29 is 0 Å². The second kappa shape index (κ2) is 7.66. The van der Waals surface area contributed by atoms with Gasteiger partial charge in [0.25, 0.3) is 0 Å². The third kappa shape index (κ3) is 3.76. The predicted molar refractivity (Wildman–Crippen MR) is 90.1 cm³/mol. The number of nitrogens with zero attached hydrogens (tertiary/aromatic N) is 6. The topological polar surface area (TPSA) is 50.1 Å². The second-order valence-electron chi connectivity index (χ2n) is 6.07. The van der Waals surface area contributed by atoms with E-state index in [0.717, 1.165) is 51.5 Å². The van der Waals surface area contributed by atoms with Gasteiger partial charge in [0.05, 0.1) is 12.6 Å². The lowest BCUT2D eigenvalue weighted by Crippen LogP contribution is -2.47. The van der Waals surface area contributed by atoms with Crippen LogP contribution in [0.1, 0.15) is 37.7 Å². The van der Waals surface area contributed by atoms with Crippen LogP contribution in [0, 0.1) is 0 Å². The van der Waals surface area contributed by atoms with Gasteiger partial charge in [0.1, 0.15) is 0 Å².